The number of fused-ring (bicyclic) bond motifs is 1. The highest BCUT2D eigenvalue weighted by Crippen LogP contribution is 2.39. The van der Waals surface area contributed by atoms with E-state index in [1.807, 2.05) is 19.9 Å². The molecule has 0 fully saturated rings. The molecule has 1 atom stereocenters. The van der Waals surface area contributed by atoms with Crippen LogP contribution in [0.4, 0.5) is 0 Å². The molecule has 18 heavy (non-hydrogen) atoms. The summed E-state index contributed by atoms with van der Waals surface area (Å²) in [6.45, 7) is 3.58. The number of hydrogen-bond acceptors (Lipinski definition) is 4. The number of carboxylic acid groups (broad SMARTS) is 1. The Kier molecular flexibility index (Phi) is 3.17. The van der Waals surface area contributed by atoms with Crippen molar-refractivity contribution in [2.45, 2.75) is 31.9 Å². The van der Waals surface area contributed by atoms with Gasteiger partial charge < -0.3 is 20.3 Å². The maximum absolute atomic E-state index is 10.4. The number of hydrogen-bond donors (Lipinski definition) is 2. The van der Waals surface area contributed by atoms with Crippen molar-refractivity contribution in [2.24, 2.45) is 5.73 Å². The number of carboxylic acids is 1. The molecule has 1 aliphatic rings. The van der Waals surface area contributed by atoms with Gasteiger partial charge in [-0.15, -0.1) is 0 Å². The first-order valence-corrected chi connectivity index (χ1v) is 5.80. The number of rotatable bonds is 3. The minimum atomic E-state index is -1.01. The second kappa shape index (κ2) is 4.49. The summed E-state index contributed by atoms with van der Waals surface area (Å²) in [4.78, 5) is 10.4. The average Bonchev–Trinajstić information content (AvgIpc) is 2.24. The van der Waals surface area contributed by atoms with Gasteiger partial charge >= 0.3 is 5.97 Å². The van der Waals surface area contributed by atoms with Crippen LogP contribution in [-0.4, -0.2) is 23.3 Å². The summed E-state index contributed by atoms with van der Waals surface area (Å²) in [6.07, 6.45) is 0.745. The van der Waals surface area contributed by atoms with Gasteiger partial charge in [0.1, 0.15) is 17.1 Å². The number of ether oxygens (including phenoxy) is 2. The highest BCUT2D eigenvalue weighted by Gasteiger charge is 2.31. The van der Waals surface area contributed by atoms with Gasteiger partial charge in [0.2, 0.25) is 0 Å². The van der Waals surface area contributed by atoms with Crippen LogP contribution in [0.15, 0.2) is 18.2 Å². The van der Waals surface area contributed by atoms with Crippen LogP contribution < -0.4 is 15.2 Å². The molecule has 1 aromatic carbocycles. The molecule has 0 aliphatic carbocycles. The molecule has 0 bridgehead atoms. The summed E-state index contributed by atoms with van der Waals surface area (Å²) in [5.74, 6) is 0.133. The second-order valence-electron chi connectivity index (χ2n) is 5.05. The fraction of sp³-hybridized carbons (Fsp3) is 0.462. The largest absolute Gasteiger partial charge is 0.487 e. The molecule has 98 valence electrons. The van der Waals surface area contributed by atoms with E-state index < -0.39 is 5.97 Å². The van der Waals surface area contributed by atoms with Gasteiger partial charge in [0.15, 0.2) is 6.61 Å². The van der Waals surface area contributed by atoms with Crippen LogP contribution in [-0.2, 0) is 4.79 Å². The molecule has 1 aliphatic heterocycles. The molecule has 5 nitrogen and oxygen atoms in total. The minimum Gasteiger partial charge on any atom is -0.487 e. The van der Waals surface area contributed by atoms with Gasteiger partial charge in [-0.3, -0.25) is 0 Å². The molecule has 1 aromatic rings. The van der Waals surface area contributed by atoms with Gasteiger partial charge in [-0.2, -0.15) is 0 Å². The third-order valence-electron chi connectivity index (χ3n) is 2.84. The predicted molar refractivity (Wildman–Crippen MR) is 65.8 cm³/mol. The Morgan fingerprint density at radius 1 is 1.61 bits per heavy atom. The molecule has 5 heteroatoms. The summed E-state index contributed by atoms with van der Waals surface area (Å²) in [5.41, 5.74) is 6.69. The van der Waals surface area contributed by atoms with Crippen molar-refractivity contribution in [3.8, 4) is 11.5 Å². The first-order chi connectivity index (χ1) is 8.37. The summed E-state index contributed by atoms with van der Waals surface area (Å²) in [6, 6.07) is 5.16. The Morgan fingerprint density at radius 3 is 3.00 bits per heavy atom. The molecule has 1 unspecified atom stereocenters. The summed E-state index contributed by atoms with van der Waals surface area (Å²) in [5, 5.41) is 8.56. The maximum Gasteiger partial charge on any atom is 0.341 e. The van der Waals surface area contributed by atoms with Crippen molar-refractivity contribution < 1.29 is 19.4 Å². The minimum absolute atomic E-state index is 0.0720. The highest BCUT2D eigenvalue weighted by atomic mass is 16.5. The third-order valence-corrected chi connectivity index (χ3v) is 2.84. The normalized spacial score (nSPS) is 20.7. The molecule has 1 heterocycles. The smallest absolute Gasteiger partial charge is 0.341 e. The molecule has 0 spiro atoms. The predicted octanol–water partition coefficient (Wildman–Crippen LogP) is 1.71. The van der Waals surface area contributed by atoms with Crippen molar-refractivity contribution >= 4 is 5.97 Å². The zero-order valence-corrected chi connectivity index (χ0v) is 10.5. The van der Waals surface area contributed by atoms with E-state index in [9.17, 15) is 4.79 Å². The zero-order valence-electron chi connectivity index (χ0n) is 10.5. The Hall–Kier alpha value is -1.75. The van der Waals surface area contributed by atoms with Crippen molar-refractivity contribution in [1.82, 2.24) is 0 Å². The third kappa shape index (κ3) is 2.73. The first-order valence-electron chi connectivity index (χ1n) is 5.80. The van der Waals surface area contributed by atoms with Crippen LogP contribution in [0.5, 0.6) is 11.5 Å². The monoisotopic (exact) mass is 251 g/mol. The van der Waals surface area contributed by atoms with Crippen molar-refractivity contribution in [3.05, 3.63) is 23.8 Å². The van der Waals surface area contributed by atoms with E-state index >= 15 is 0 Å². The average molecular weight is 251 g/mol. The number of aliphatic carboxylic acids is 1. The molecule has 3 N–H and O–H groups in total. The van der Waals surface area contributed by atoms with E-state index in [0.29, 0.717) is 11.5 Å². The first kappa shape index (κ1) is 12.7. The van der Waals surface area contributed by atoms with Crippen molar-refractivity contribution in [2.75, 3.05) is 6.61 Å². The van der Waals surface area contributed by atoms with Crippen LogP contribution in [0.1, 0.15) is 31.9 Å². The van der Waals surface area contributed by atoms with E-state index in [1.54, 1.807) is 12.1 Å². The molecule has 0 saturated carbocycles. The van der Waals surface area contributed by atoms with Gasteiger partial charge in [0, 0.05) is 24.1 Å². The quantitative estimate of drug-likeness (QED) is 0.854. The van der Waals surface area contributed by atoms with E-state index in [0.717, 1.165) is 12.0 Å². The number of carbonyl (C=O) groups is 1. The summed E-state index contributed by atoms with van der Waals surface area (Å²) < 4.78 is 10.9. The standard InChI is InChI=1S/C13H17NO4/c1-13(2)6-10(14)9-4-3-8(5-11(9)18-13)17-7-12(15)16/h3-5,10H,6-7,14H2,1-2H3,(H,15,16). The van der Waals surface area contributed by atoms with Crippen LogP contribution >= 0.6 is 0 Å². The molecule has 0 aromatic heterocycles. The molecular formula is C13H17NO4. The molecular weight excluding hydrogens is 234 g/mol. The lowest BCUT2D eigenvalue weighted by Crippen LogP contribution is -2.37. The van der Waals surface area contributed by atoms with E-state index in [2.05, 4.69) is 0 Å². The van der Waals surface area contributed by atoms with E-state index in [-0.39, 0.29) is 18.2 Å². The summed E-state index contributed by atoms with van der Waals surface area (Å²) in [7, 11) is 0. The number of nitrogens with two attached hydrogens (primary N) is 1. The van der Waals surface area contributed by atoms with Gasteiger partial charge in [0.05, 0.1) is 0 Å². The van der Waals surface area contributed by atoms with Gasteiger partial charge in [-0.1, -0.05) is 6.07 Å². The SMILES string of the molecule is CC1(C)CC(N)c2ccc(OCC(=O)O)cc2O1. The van der Waals surface area contributed by atoms with Crippen LogP contribution in [0.2, 0.25) is 0 Å². The van der Waals surface area contributed by atoms with Gasteiger partial charge in [-0.05, 0) is 19.9 Å². The van der Waals surface area contributed by atoms with Crippen LogP contribution in [0, 0.1) is 0 Å². The van der Waals surface area contributed by atoms with Gasteiger partial charge in [-0.25, -0.2) is 4.79 Å². The molecule has 2 rings (SSSR count). The fourth-order valence-corrected chi connectivity index (χ4v) is 2.12. The lowest BCUT2D eigenvalue weighted by Gasteiger charge is -2.36. The second-order valence-corrected chi connectivity index (χ2v) is 5.05. The fourth-order valence-electron chi connectivity index (χ4n) is 2.12. The van der Waals surface area contributed by atoms with E-state index in [4.69, 9.17) is 20.3 Å². The molecule has 0 radical (unpaired) electrons. The maximum atomic E-state index is 10.4. The van der Waals surface area contributed by atoms with Crippen molar-refractivity contribution in [3.63, 3.8) is 0 Å². The number of benzene rings is 1. The van der Waals surface area contributed by atoms with Crippen LogP contribution in [0.3, 0.4) is 0 Å². The summed E-state index contributed by atoms with van der Waals surface area (Å²) >= 11 is 0. The molecule has 0 amide bonds. The zero-order chi connectivity index (χ0) is 13.3. The Morgan fingerprint density at radius 2 is 2.33 bits per heavy atom. The van der Waals surface area contributed by atoms with Gasteiger partial charge in [0.25, 0.3) is 0 Å². The Balaban J connectivity index is 2.23. The lowest BCUT2D eigenvalue weighted by molar-refractivity contribution is -0.139. The topological polar surface area (TPSA) is 81.8 Å². The van der Waals surface area contributed by atoms with Crippen molar-refractivity contribution in [1.29, 1.82) is 0 Å². The van der Waals surface area contributed by atoms with Crippen LogP contribution in [0.25, 0.3) is 0 Å². The Bertz CT molecular complexity index is 470. The lowest BCUT2D eigenvalue weighted by atomic mass is 9.90. The van der Waals surface area contributed by atoms with E-state index in [1.165, 1.54) is 0 Å². The highest BCUT2D eigenvalue weighted by molar-refractivity contribution is 5.68. The molecule has 0 saturated heterocycles. The Labute approximate surface area is 106 Å².